The van der Waals surface area contributed by atoms with Crippen LogP contribution in [0.1, 0.15) is 23.5 Å². The predicted octanol–water partition coefficient (Wildman–Crippen LogP) is 2.35. The quantitative estimate of drug-likeness (QED) is 0.728. The lowest BCUT2D eigenvalue weighted by atomic mass is 9.96. The molecule has 1 nitrogen and oxygen atoms in total. The minimum absolute atomic E-state index is 0.203. The Morgan fingerprint density at radius 2 is 2.07 bits per heavy atom. The summed E-state index contributed by atoms with van der Waals surface area (Å²) in [5.74, 6) is -0.673. The van der Waals surface area contributed by atoms with Crippen LogP contribution >= 0.6 is 0 Å². The van der Waals surface area contributed by atoms with Gasteiger partial charge >= 0.3 is 0 Å². The predicted molar refractivity (Wildman–Crippen MR) is 51.3 cm³/mol. The fourth-order valence-electron chi connectivity index (χ4n) is 1.91. The van der Waals surface area contributed by atoms with Gasteiger partial charge in [0.05, 0.1) is 0 Å². The van der Waals surface area contributed by atoms with Crippen molar-refractivity contribution in [3.05, 3.63) is 34.9 Å². The highest BCUT2D eigenvalue weighted by molar-refractivity contribution is 5.29. The van der Waals surface area contributed by atoms with E-state index in [0.29, 0.717) is 11.1 Å². The first-order valence-electron chi connectivity index (χ1n) is 4.84. The Morgan fingerprint density at radius 3 is 2.71 bits per heavy atom. The van der Waals surface area contributed by atoms with Crippen LogP contribution in [0, 0.1) is 18.6 Å². The second-order valence-electron chi connectivity index (χ2n) is 3.81. The number of hydrogen-bond acceptors (Lipinski definition) is 1. The van der Waals surface area contributed by atoms with E-state index in [1.165, 1.54) is 0 Å². The molecular weight excluding hydrogens is 184 g/mol. The molecule has 1 aromatic carbocycles. The molecule has 3 heteroatoms. The third kappa shape index (κ3) is 1.64. The van der Waals surface area contributed by atoms with Crippen molar-refractivity contribution in [1.29, 1.82) is 0 Å². The minimum Gasteiger partial charge on any atom is -0.316 e. The average molecular weight is 197 g/mol. The van der Waals surface area contributed by atoms with Crippen molar-refractivity contribution in [2.24, 2.45) is 0 Å². The normalized spacial score (nSPS) is 21.5. The van der Waals surface area contributed by atoms with Crippen LogP contribution in [0.5, 0.6) is 0 Å². The molecule has 0 saturated carbocycles. The van der Waals surface area contributed by atoms with Gasteiger partial charge in [0, 0.05) is 18.5 Å². The maximum absolute atomic E-state index is 13.4. The lowest BCUT2D eigenvalue weighted by Crippen LogP contribution is -2.09. The third-order valence-corrected chi connectivity index (χ3v) is 2.78. The maximum atomic E-state index is 13.4. The Hall–Kier alpha value is -0.960. The van der Waals surface area contributed by atoms with Crippen LogP contribution in [0.25, 0.3) is 0 Å². The summed E-state index contributed by atoms with van der Waals surface area (Å²) in [6, 6.07) is 2.62. The van der Waals surface area contributed by atoms with Crippen molar-refractivity contribution in [2.75, 3.05) is 13.1 Å². The Bertz CT molecular complexity index is 343. The van der Waals surface area contributed by atoms with E-state index < -0.39 is 11.6 Å². The molecule has 1 saturated heterocycles. The molecule has 0 aromatic heterocycles. The van der Waals surface area contributed by atoms with Crippen LogP contribution in [0.15, 0.2) is 12.1 Å². The van der Waals surface area contributed by atoms with Gasteiger partial charge < -0.3 is 5.32 Å². The fraction of sp³-hybridized carbons (Fsp3) is 0.455. The van der Waals surface area contributed by atoms with E-state index in [0.717, 1.165) is 25.6 Å². The fourth-order valence-corrected chi connectivity index (χ4v) is 1.91. The van der Waals surface area contributed by atoms with Gasteiger partial charge in [-0.05, 0) is 37.1 Å². The molecule has 2 rings (SSSR count). The van der Waals surface area contributed by atoms with E-state index in [1.54, 1.807) is 13.0 Å². The molecule has 1 unspecified atom stereocenters. The van der Waals surface area contributed by atoms with Crippen LogP contribution < -0.4 is 5.32 Å². The lowest BCUT2D eigenvalue weighted by molar-refractivity contribution is 0.554. The van der Waals surface area contributed by atoms with E-state index in [4.69, 9.17) is 0 Å². The number of nitrogens with one attached hydrogen (secondary N) is 1. The van der Waals surface area contributed by atoms with E-state index in [-0.39, 0.29) is 5.92 Å². The zero-order valence-corrected chi connectivity index (χ0v) is 8.11. The Kier molecular flexibility index (Phi) is 2.50. The van der Waals surface area contributed by atoms with Gasteiger partial charge in [0.15, 0.2) is 0 Å². The van der Waals surface area contributed by atoms with E-state index in [9.17, 15) is 8.78 Å². The summed E-state index contributed by atoms with van der Waals surface area (Å²) in [4.78, 5) is 0. The maximum Gasteiger partial charge on any atom is 0.129 e. The smallest absolute Gasteiger partial charge is 0.129 e. The molecule has 0 spiro atoms. The van der Waals surface area contributed by atoms with Gasteiger partial charge in [-0.15, -0.1) is 0 Å². The second kappa shape index (κ2) is 3.65. The van der Waals surface area contributed by atoms with E-state index in [2.05, 4.69) is 5.32 Å². The van der Waals surface area contributed by atoms with Crippen molar-refractivity contribution in [2.45, 2.75) is 19.3 Å². The number of aryl methyl sites for hydroxylation is 1. The van der Waals surface area contributed by atoms with Gasteiger partial charge in [-0.3, -0.25) is 0 Å². The molecule has 0 radical (unpaired) electrons. The first-order valence-corrected chi connectivity index (χ1v) is 4.84. The summed E-state index contributed by atoms with van der Waals surface area (Å²) in [5.41, 5.74) is 1.17. The summed E-state index contributed by atoms with van der Waals surface area (Å²) < 4.78 is 26.4. The monoisotopic (exact) mass is 197 g/mol. The van der Waals surface area contributed by atoms with Crippen LogP contribution in [0.2, 0.25) is 0 Å². The van der Waals surface area contributed by atoms with Gasteiger partial charge in [0.2, 0.25) is 0 Å². The van der Waals surface area contributed by atoms with Gasteiger partial charge in [-0.1, -0.05) is 0 Å². The lowest BCUT2D eigenvalue weighted by Gasteiger charge is -2.11. The zero-order chi connectivity index (χ0) is 10.1. The molecule has 0 amide bonds. The minimum atomic E-state index is -0.461. The highest BCUT2D eigenvalue weighted by Crippen LogP contribution is 2.26. The van der Waals surface area contributed by atoms with Gasteiger partial charge in [0.1, 0.15) is 11.6 Å². The van der Waals surface area contributed by atoms with Gasteiger partial charge in [0.25, 0.3) is 0 Å². The van der Waals surface area contributed by atoms with E-state index in [1.807, 2.05) is 0 Å². The molecule has 0 aliphatic carbocycles. The van der Waals surface area contributed by atoms with Crippen molar-refractivity contribution in [1.82, 2.24) is 5.32 Å². The molecule has 0 bridgehead atoms. The highest BCUT2D eigenvalue weighted by atomic mass is 19.1. The molecule has 1 heterocycles. The van der Waals surface area contributed by atoms with Gasteiger partial charge in [-0.2, -0.15) is 0 Å². The van der Waals surface area contributed by atoms with Crippen molar-refractivity contribution < 1.29 is 8.78 Å². The Balaban J connectivity index is 2.37. The molecule has 76 valence electrons. The summed E-state index contributed by atoms with van der Waals surface area (Å²) in [5, 5.41) is 3.17. The molecule has 1 aliphatic rings. The Morgan fingerprint density at radius 1 is 1.29 bits per heavy atom. The van der Waals surface area contributed by atoms with Crippen molar-refractivity contribution in [3.8, 4) is 0 Å². The first kappa shape index (κ1) is 9.59. The van der Waals surface area contributed by atoms with Crippen molar-refractivity contribution in [3.63, 3.8) is 0 Å². The molecule has 1 aliphatic heterocycles. The largest absolute Gasteiger partial charge is 0.316 e. The molecule has 1 N–H and O–H groups in total. The summed E-state index contributed by atoms with van der Waals surface area (Å²) >= 11 is 0. The summed E-state index contributed by atoms with van der Waals surface area (Å²) in [6.07, 6.45) is 0.933. The van der Waals surface area contributed by atoms with Crippen LogP contribution in [0.3, 0.4) is 0 Å². The average Bonchev–Trinajstić information content (AvgIpc) is 2.64. The molecule has 14 heavy (non-hydrogen) atoms. The molecule has 1 aromatic rings. The number of rotatable bonds is 1. The van der Waals surface area contributed by atoms with Crippen LogP contribution in [-0.4, -0.2) is 13.1 Å². The number of halogens is 2. The SMILES string of the molecule is Cc1cc(C2CCNC2)c(F)cc1F. The first-order chi connectivity index (χ1) is 6.68. The molecule has 1 atom stereocenters. The summed E-state index contributed by atoms with van der Waals surface area (Å²) in [6.45, 7) is 3.38. The molecular formula is C11H13F2N. The van der Waals surface area contributed by atoms with Crippen molar-refractivity contribution >= 4 is 0 Å². The Labute approximate surface area is 82.1 Å². The van der Waals surface area contributed by atoms with Gasteiger partial charge in [-0.25, -0.2) is 8.78 Å². The number of hydrogen-bond donors (Lipinski definition) is 1. The summed E-state index contributed by atoms with van der Waals surface area (Å²) in [7, 11) is 0. The standard InChI is InChI=1S/C11H13F2N/c1-7-4-9(8-2-3-14-6-8)11(13)5-10(7)12/h4-5,8,14H,2-3,6H2,1H3. The highest BCUT2D eigenvalue weighted by Gasteiger charge is 2.20. The third-order valence-electron chi connectivity index (χ3n) is 2.78. The molecule has 1 fully saturated rings. The zero-order valence-electron chi connectivity index (χ0n) is 8.11. The number of benzene rings is 1. The van der Waals surface area contributed by atoms with Crippen LogP contribution in [-0.2, 0) is 0 Å². The second-order valence-corrected chi connectivity index (χ2v) is 3.81. The van der Waals surface area contributed by atoms with Crippen LogP contribution in [0.4, 0.5) is 8.78 Å². The van der Waals surface area contributed by atoms with E-state index >= 15 is 0 Å². The topological polar surface area (TPSA) is 12.0 Å².